The van der Waals surface area contributed by atoms with Crippen LogP contribution in [0, 0.1) is 6.92 Å². The predicted molar refractivity (Wildman–Crippen MR) is 90.8 cm³/mol. The summed E-state index contributed by atoms with van der Waals surface area (Å²) < 4.78 is 16.1. The van der Waals surface area contributed by atoms with Crippen molar-refractivity contribution in [2.45, 2.75) is 19.3 Å². The Morgan fingerprint density at radius 2 is 1.72 bits per heavy atom. The molecule has 0 saturated heterocycles. The van der Waals surface area contributed by atoms with E-state index in [0.29, 0.717) is 34.2 Å². The van der Waals surface area contributed by atoms with Gasteiger partial charge in [0, 0.05) is 12.3 Å². The van der Waals surface area contributed by atoms with Crippen molar-refractivity contribution in [1.82, 2.24) is 9.97 Å². The molecule has 132 valence electrons. The topological polar surface area (TPSA) is 103 Å². The van der Waals surface area contributed by atoms with Gasteiger partial charge in [0.1, 0.15) is 11.6 Å². The smallest absolute Gasteiger partial charge is 0.256 e. The number of carbonyl (C=O) groups is 1. The molecule has 8 nitrogen and oxygen atoms in total. The number of amides is 1. The summed E-state index contributed by atoms with van der Waals surface area (Å²) in [6, 6.07) is 3.49. The molecule has 3 rings (SSSR count). The molecule has 1 aromatic carbocycles. The molecule has 1 aliphatic heterocycles. The van der Waals surface area contributed by atoms with Crippen LogP contribution < -0.4 is 25.1 Å². The van der Waals surface area contributed by atoms with Crippen LogP contribution in [-0.4, -0.2) is 37.2 Å². The van der Waals surface area contributed by atoms with Crippen molar-refractivity contribution >= 4 is 11.7 Å². The summed E-state index contributed by atoms with van der Waals surface area (Å²) in [5.41, 5.74) is 0.850. The van der Waals surface area contributed by atoms with Crippen LogP contribution in [0.15, 0.2) is 16.9 Å². The van der Waals surface area contributed by atoms with E-state index in [1.54, 1.807) is 19.1 Å². The highest BCUT2D eigenvalue weighted by Crippen LogP contribution is 2.43. The van der Waals surface area contributed by atoms with Gasteiger partial charge in [0.25, 0.3) is 5.56 Å². The zero-order valence-electron chi connectivity index (χ0n) is 14.4. The van der Waals surface area contributed by atoms with Gasteiger partial charge in [0.15, 0.2) is 11.5 Å². The van der Waals surface area contributed by atoms with Gasteiger partial charge in [-0.3, -0.25) is 9.59 Å². The van der Waals surface area contributed by atoms with Gasteiger partial charge in [-0.25, -0.2) is 4.98 Å². The molecule has 0 fully saturated rings. The predicted octanol–water partition coefficient (Wildman–Crippen LogP) is 1.58. The van der Waals surface area contributed by atoms with Gasteiger partial charge in [0.05, 0.1) is 26.9 Å². The van der Waals surface area contributed by atoms with Crippen molar-refractivity contribution in [3.63, 3.8) is 0 Å². The van der Waals surface area contributed by atoms with Gasteiger partial charge in [-0.05, 0) is 24.6 Å². The first kappa shape index (κ1) is 16.8. The second-order valence-electron chi connectivity index (χ2n) is 5.68. The number of nitrogens with one attached hydrogen (secondary N) is 2. The van der Waals surface area contributed by atoms with E-state index < -0.39 is 5.92 Å². The van der Waals surface area contributed by atoms with Crippen LogP contribution >= 0.6 is 0 Å². The number of methoxy groups -OCH3 is 3. The van der Waals surface area contributed by atoms with Crippen molar-refractivity contribution in [2.75, 3.05) is 26.6 Å². The molecule has 1 aromatic heterocycles. The molecule has 2 aromatic rings. The van der Waals surface area contributed by atoms with E-state index in [1.807, 2.05) is 0 Å². The first-order valence-electron chi connectivity index (χ1n) is 7.69. The van der Waals surface area contributed by atoms with E-state index in [1.165, 1.54) is 21.3 Å². The number of aromatic nitrogens is 2. The molecule has 8 heteroatoms. The SMILES string of the molecule is COc1cc([C@H]2CC(=O)Nc3nc(C)[nH]c(=O)c32)cc(OC)c1OC. The summed E-state index contributed by atoms with van der Waals surface area (Å²) in [5.74, 6) is 1.43. The van der Waals surface area contributed by atoms with Gasteiger partial charge >= 0.3 is 0 Å². The van der Waals surface area contributed by atoms with E-state index in [9.17, 15) is 9.59 Å². The van der Waals surface area contributed by atoms with E-state index in [4.69, 9.17) is 14.2 Å². The van der Waals surface area contributed by atoms with Gasteiger partial charge in [-0.2, -0.15) is 0 Å². The quantitative estimate of drug-likeness (QED) is 0.872. The van der Waals surface area contributed by atoms with Crippen molar-refractivity contribution in [3.05, 3.63) is 39.4 Å². The van der Waals surface area contributed by atoms with E-state index in [0.717, 1.165) is 0 Å². The van der Waals surface area contributed by atoms with Crippen LogP contribution in [0.4, 0.5) is 5.82 Å². The molecule has 1 aliphatic rings. The van der Waals surface area contributed by atoms with Crippen LogP contribution in [0.5, 0.6) is 17.2 Å². The highest BCUT2D eigenvalue weighted by molar-refractivity contribution is 5.94. The number of benzene rings is 1. The first-order valence-corrected chi connectivity index (χ1v) is 7.69. The lowest BCUT2D eigenvalue weighted by molar-refractivity contribution is -0.116. The van der Waals surface area contributed by atoms with Gasteiger partial charge in [-0.1, -0.05) is 0 Å². The molecule has 0 bridgehead atoms. The van der Waals surface area contributed by atoms with Crippen LogP contribution in [0.2, 0.25) is 0 Å². The van der Waals surface area contributed by atoms with Gasteiger partial charge in [-0.15, -0.1) is 0 Å². The molecule has 2 N–H and O–H groups in total. The Labute approximate surface area is 144 Å². The maximum Gasteiger partial charge on any atom is 0.256 e. The number of hydrogen-bond acceptors (Lipinski definition) is 6. The van der Waals surface area contributed by atoms with Crippen LogP contribution in [-0.2, 0) is 4.79 Å². The molecule has 2 heterocycles. The monoisotopic (exact) mass is 345 g/mol. The maximum atomic E-state index is 12.5. The third-order valence-corrected chi connectivity index (χ3v) is 4.16. The minimum Gasteiger partial charge on any atom is -0.493 e. The Balaban J connectivity index is 2.21. The number of ether oxygens (including phenoxy) is 3. The second kappa shape index (κ2) is 6.46. The Kier molecular flexibility index (Phi) is 4.35. The van der Waals surface area contributed by atoms with Crippen molar-refractivity contribution in [2.24, 2.45) is 0 Å². The molecule has 0 radical (unpaired) electrons. The number of anilines is 1. The Morgan fingerprint density at radius 1 is 1.08 bits per heavy atom. The zero-order chi connectivity index (χ0) is 18.1. The van der Waals surface area contributed by atoms with E-state index in [2.05, 4.69) is 15.3 Å². The summed E-state index contributed by atoms with van der Waals surface area (Å²) in [7, 11) is 4.54. The number of hydrogen-bond donors (Lipinski definition) is 2. The molecule has 0 unspecified atom stereocenters. The molecule has 1 amide bonds. The Morgan fingerprint density at radius 3 is 2.28 bits per heavy atom. The fourth-order valence-corrected chi connectivity index (χ4v) is 3.07. The zero-order valence-corrected chi connectivity index (χ0v) is 14.4. The summed E-state index contributed by atoms with van der Waals surface area (Å²) in [6.45, 7) is 1.66. The highest BCUT2D eigenvalue weighted by atomic mass is 16.5. The molecule has 0 spiro atoms. The lowest BCUT2D eigenvalue weighted by Crippen LogP contribution is -2.31. The van der Waals surface area contributed by atoms with Crippen LogP contribution in [0.1, 0.15) is 29.3 Å². The average Bonchev–Trinajstić information content (AvgIpc) is 2.58. The lowest BCUT2D eigenvalue weighted by atomic mass is 9.86. The number of aromatic amines is 1. The number of rotatable bonds is 4. The normalized spacial score (nSPS) is 16.0. The van der Waals surface area contributed by atoms with Gasteiger partial charge < -0.3 is 24.5 Å². The number of nitrogens with zero attached hydrogens (tertiary/aromatic N) is 1. The average molecular weight is 345 g/mol. The number of fused-ring (bicyclic) bond motifs is 1. The number of aryl methyl sites for hydroxylation is 1. The van der Waals surface area contributed by atoms with Crippen LogP contribution in [0.3, 0.4) is 0 Å². The summed E-state index contributed by atoms with van der Waals surface area (Å²) >= 11 is 0. The molecule has 0 aliphatic carbocycles. The number of carbonyl (C=O) groups excluding carboxylic acids is 1. The lowest BCUT2D eigenvalue weighted by Gasteiger charge is -2.25. The third-order valence-electron chi connectivity index (χ3n) is 4.16. The highest BCUT2D eigenvalue weighted by Gasteiger charge is 2.32. The Hall–Kier alpha value is -3.03. The van der Waals surface area contributed by atoms with Crippen molar-refractivity contribution in [3.8, 4) is 17.2 Å². The minimum absolute atomic E-state index is 0.124. The fraction of sp³-hybridized carbons (Fsp3) is 0.353. The minimum atomic E-state index is -0.464. The van der Waals surface area contributed by atoms with Crippen LogP contribution in [0.25, 0.3) is 0 Å². The number of H-pyrrole nitrogens is 1. The van der Waals surface area contributed by atoms with Gasteiger partial charge in [0.2, 0.25) is 11.7 Å². The third kappa shape index (κ3) is 2.90. The largest absolute Gasteiger partial charge is 0.493 e. The molecule has 0 saturated carbocycles. The standard InChI is InChI=1S/C17H19N3O5/c1-8-18-16-14(17(22)19-8)10(7-13(21)20-16)9-5-11(23-2)15(25-4)12(6-9)24-3/h5-6,10H,7H2,1-4H3,(H2,18,19,20,21,22)/t10-/m1/s1. The Bertz CT molecular complexity index is 865. The summed E-state index contributed by atoms with van der Waals surface area (Å²) in [6.07, 6.45) is 0.124. The van der Waals surface area contributed by atoms with Crippen molar-refractivity contribution < 1.29 is 19.0 Å². The molecular formula is C17H19N3O5. The fourth-order valence-electron chi connectivity index (χ4n) is 3.07. The second-order valence-corrected chi connectivity index (χ2v) is 5.68. The van der Waals surface area contributed by atoms with Crippen molar-refractivity contribution in [1.29, 1.82) is 0 Å². The maximum absolute atomic E-state index is 12.5. The van der Waals surface area contributed by atoms with E-state index in [-0.39, 0.29) is 23.7 Å². The first-order chi connectivity index (χ1) is 12.0. The molecular weight excluding hydrogens is 326 g/mol. The summed E-state index contributed by atoms with van der Waals surface area (Å²) in [5, 5.41) is 2.66. The molecule has 25 heavy (non-hydrogen) atoms. The van der Waals surface area contributed by atoms with E-state index >= 15 is 0 Å². The summed E-state index contributed by atoms with van der Waals surface area (Å²) in [4.78, 5) is 31.5. The molecule has 1 atom stereocenters.